The van der Waals surface area contributed by atoms with Crippen molar-refractivity contribution in [2.24, 2.45) is 5.73 Å². The number of rotatable bonds is 0. The van der Waals surface area contributed by atoms with Gasteiger partial charge in [-0.05, 0) is 13.0 Å². The number of aliphatic hydroxyl groups excluding tert-OH is 1. The molecule has 0 unspecified atom stereocenters. The SMILES string of the molecule is C/C=C(\N)O. The molecule has 0 aromatic heterocycles. The predicted octanol–water partition coefficient (Wildman–Crippen LogP) is 0.364. The standard InChI is InChI=1S/C3H7NO/c1-2-3(4)5/h2,5H,4H2,1H3/b3-2+. The second-order valence-corrected chi connectivity index (χ2v) is 0.714. The average Bonchev–Trinajstić information content (AvgIpc) is 1.38. The number of hydrogen-bond donors (Lipinski definition) is 2. The van der Waals surface area contributed by atoms with Crippen LogP contribution < -0.4 is 5.73 Å². The van der Waals surface area contributed by atoms with E-state index in [2.05, 4.69) is 0 Å². The third-order valence-corrected chi connectivity index (χ3v) is 0.296. The number of allylic oxidation sites excluding steroid dienone is 1. The van der Waals surface area contributed by atoms with Gasteiger partial charge in [-0.15, -0.1) is 0 Å². The van der Waals surface area contributed by atoms with Gasteiger partial charge in [-0.3, -0.25) is 0 Å². The molecule has 0 saturated carbocycles. The van der Waals surface area contributed by atoms with Crippen LogP contribution in [-0.4, -0.2) is 5.11 Å². The monoisotopic (exact) mass is 73.1 g/mol. The topological polar surface area (TPSA) is 46.2 Å². The van der Waals surface area contributed by atoms with Gasteiger partial charge in [0.2, 0.25) is 0 Å². The van der Waals surface area contributed by atoms with Crippen molar-refractivity contribution in [3.63, 3.8) is 0 Å². The van der Waals surface area contributed by atoms with E-state index in [1.54, 1.807) is 6.92 Å². The highest BCUT2D eigenvalue weighted by atomic mass is 16.3. The van der Waals surface area contributed by atoms with Crippen molar-refractivity contribution < 1.29 is 5.11 Å². The first-order valence-electron chi connectivity index (χ1n) is 1.38. The Labute approximate surface area is 30.9 Å². The van der Waals surface area contributed by atoms with Gasteiger partial charge in [0.15, 0.2) is 5.88 Å². The van der Waals surface area contributed by atoms with Crippen LogP contribution >= 0.6 is 0 Å². The summed E-state index contributed by atoms with van der Waals surface area (Å²) in [5.74, 6) is -0.120. The van der Waals surface area contributed by atoms with Crippen molar-refractivity contribution >= 4 is 0 Å². The quantitative estimate of drug-likeness (QED) is 0.407. The van der Waals surface area contributed by atoms with Gasteiger partial charge in [0.05, 0.1) is 0 Å². The summed E-state index contributed by atoms with van der Waals surface area (Å²) in [6.45, 7) is 1.66. The molecule has 0 aliphatic heterocycles. The van der Waals surface area contributed by atoms with Crippen LogP contribution in [0.4, 0.5) is 0 Å². The molecule has 0 spiro atoms. The van der Waals surface area contributed by atoms with Gasteiger partial charge in [-0.25, -0.2) is 0 Å². The summed E-state index contributed by atoms with van der Waals surface area (Å²) in [5.41, 5.74) is 4.71. The van der Waals surface area contributed by atoms with Crippen molar-refractivity contribution in [2.45, 2.75) is 6.92 Å². The zero-order valence-electron chi connectivity index (χ0n) is 3.10. The van der Waals surface area contributed by atoms with E-state index in [0.717, 1.165) is 0 Å². The first kappa shape index (κ1) is 4.34. The first-order valence-corrected chi connectivity index (χ1v) is 1.38. The summed E-state index contributed by atoms with van der Waals surface area (Å²) in [5, 5.41) is 8.00. The van der Waals surface area contributed by atoms with Crippen LogP contribution in [0, 0.1) is 0 Å². The lowest BCUT2D eigenvalue weighted by atomic mass is 10.7. The minimum Gasteiger partial charge on any atom is -0.495 e. The lowest BCUT2D eigenvalue weighted by Gasteiger charge is -1.76. The molecule has 0 aliphatic rings. The van der Waals surface area contributed by atoms with Gasteiger partial charge >= 0.3 is 0 Å². The molecule has 2 heteroatoms. The van der Waals surface area contributed by atoms with Crippen molar-refractivity contribution in [2.75, 3.05) is 0 Å². The molecule has 0 rings (SSSR count). The third-order valence-electron chi connectivity index (χ3n) is 0.296. The molecule has 0 bridgehead atoms. The summed E-state index contributed by atoms with van der Waals surface area (Å²) < 4.78 is 0. The maximum absolute atomic E-state index is 8.00. The molecule has 0 aliphatic carbocycles. The van der Waals surface area contributed by atoms with Gasteiger partial charge in [0.1, 0.15) is 0 Å². The van der Waals surface area contributed by atoms with Crippen LogP contribution in [0.15, 0.2) is 12.0 Å². The maximum Gasteiger partial charge on any atom is 0.176 e. The smallest absolute Gasteiger partial charge is 0.176 e. The van der Waals surface area contributed by atoms with E-state index in [1.807, 2.05) is 0 Å². The molecule has 30 valence electrons. The van der Waals surface area contributed by atoms with Crippen LogP contribution in [0.25, 0.3) is 0 Å². The highest BCUT2D eigenvalue weighted by Crippen LogP contribution is 1.65. The molecule has 0 amide bonds. The predicted molar refractivity (Wildman–Crippen MR) is 20.6 cm³/mol. The highest BCUT2D eigenvalue weighted by Gasteiger charge is 1.63. The fraction of sp³-hybridized carbons (Fsp3) is 0.333. The lowest BCUT2D eigenvalue weighted by molar-refractivity contribution is 0.404. The van der Waals surface area contributed by atoms with Crippen LogP contribution in [-0.2, 0) is 0 Å². The molecule has 0 fully saturated rings. The molecule has 0 saturated heterocycles. The Bertz CT molecular complexity index is 44.9. The van der Waals surface area contributed by atoms with Crippen molar-refractivity contribution in [3.05, 3.63) is 12.0 Å². The number of nitrogens with two attached hydrogens (primary N) is 1. The Balaban J connectivity index is 3.14. The molecule has 0 atom stereocenters. The van der Waals surface area contributed by atoms with Gasteiger partial charge in [0.25, 0.3) is 0 Å². The summed E-state index contributed by atoms with van der Waals surface area (Å²) >= 11 is 0. The third kappa shape index (κ3) is 3.34. The van der Waals surface area contributed by atoms with Crippen LogP contribution in [0.5, 0.6) is 0 Å². The Hall–Kier alpha value is -0.660. The molecule has 0 heterocycles. The van der Waals surface area contributed by atoms with E-state index >= 15 is 0 Å². The van der Waals surface area contributed by atoms with E-state index in [9.17, 15) is 0 Å². The molecule has 0 aromatic rings. The maximum atomic E-state index is 8.00. The van der Waals surface area contributed by atoms with Gasteiger partial charge in [-0.1, -0.05) is 0 Å². The number of hydrogen-bond acceptors (Lipinski definition) is 2. The van der Waals surface area contributed by atoms with Gasteiger partial charge in [0, 0.05) is 0 Å². The van der Waals surface area contributed by atoms with E-state index in [-0.39, 0.29) is 5.88 Å². The van der Waals surface area contributed by atoms with Gasteiger partial charge in [-0.2, -0.15) is 0 Å². The summed E-state index contributed by atoms with van der Waals surface area (Å²) in [6, 6.07) is 0. The first-order chi connectivity index (χ1) is 2.27. The molecule has 0 radical (unpaired) electrons. The Kier molecular flexibility index (Phi) is 1.42. The molecule has 0 aromatic carbocycles. The van der Waals surface area contributed by atoms with Crippen LogP contribution in [0.1, 0.15) is 6.92 Å². The summed E-state index contributed by atoms with van der Waals surface area (Å²) in [7, 11) is 0. The largest absolute Gasteiger partial charge is 0.495 e. The molecular weight excluding hydrogens is 66.0 g/mol. The Morgan fingerprint density at radius 1 is 2.00 bits per heavy atom. The minimum atomic E-state index is -0.120. The van der Waals surface area contributed by atoms with Gasteiger partial charge < -0.3 is 10.8 Å². The van der Waals surface area contributed by atoms with Crippen LogP contribution in [0.3, 0.4) is 0 Å². The fourth-order valence-electron chi connectivity index (χ4n) is 0. The minimum absolute atomic E-state index is 0.120. The normalized spacial score (nSPS) is 11.8. The summed E-state index contributed by atoms with van der Waals surface area (Å²) in [4.78, 5) is 0. The van der Waals surface area contributed by atoms with Crippen molar-refractivity contribution in [1.29, 1.82) is 0 Å². The van der Waals surface area contributed by atoms with E-state index in [0.29, 0.717) is 0 Å². The average molecular weight is 73.1 g/mol. The second kappa shape index (κ2) is 1.64. The molecule has 3 N–H and O–H groups in total. The van der Waals surface area contributed by atoms with E-state index in [1.165, 1.54) is 6.08 Å². The molecule has 5 heavy (non-hydrogen) atoms. The number of aliphatic hydroxyl groups is 1. The molecular formula is C3H7NO. The van der Waals surface area contributed by atoms with Crippen molar-refractivity contribution in [1.82, 2.24) is 0 Å². The second-order valence-electron chi connectivity index (χ2n) is 0.714. The fourth-order valence-corrected chi connectivity index (χ4v) is 0. The van der Waals surface area contributed by atoms with Crippen LogP contribution in [0.2, 0.25) is 0 Å². The highest BCUT2D eigenvalue weighted by molar-refractivity contribution is 4.77. The zero-order chi connectivity index (χ0) is 4.28. The zero-order valence-corrected chi connectivity index (χ0v) is 3.10. The Morgan fingerprint density at radius 3 is 2.20 bits per heavy atom. The van der Waals surface area contributed by atoms with E-state index < -0.39 is 0 Å². The van der Waals surface area contributed by atoms with Crippen molar-refractivity contribution in [3.8, 4) is 0 Å². The summed E-state index contributed by atoms with van der Waals surface area (Å²) in [6.07, 6.45) is 1.42. The Morgan fingerprint density at radius 2 is 2.20 bits per heavy atom. The van der Waals surface area contributed by atoms with E-state index in [4.69, 9.17) is 10.8 Å². The molecule has 2 nitrogen and oxygen atoms in total. The lowest BCUT2D eigenvalue weighted by Crippen LogP contribution is -1.91.